The normalized spacial score (nSPS) is 11.6. The van der Waals surface area contributed by atoms with Crippen LogP contribution in [0.25, 0.3) is 22.3 Å². The quantitative estimate of drug-likeness (QED) is 0.752. The fourth-order valence-electron chi connectivity index (χ4n) is 2.28. The molecule has 3 rings (SSSR count). The number of carbonyl (C=O) groups is 1. The van der Waals surface area contributed by atoms with Gasteiger partial charge in [0.1, 0.15) is 11.9 Å². The Morgan fingerprint density at radius 1 is 1.22 bits per heavy atom. The number of nitrogens with zero attached hydrogens (tertiary/aromatic N) is 3. The number of ether oxygens (including phenoxy) is 1. The number of fused-ring (bicyclic) bond motifs is 1. The molecule has 0 aliphatic heterocycles. The number of nitrogens with one attached hydrogen (secondary N) is 1. The van der Waals surface area contributed by atoms with Gasteiger partial charge in [0.05, 0.1) is 17.6 Å². The monoisotopic (exact) mass is 310 g/mol. The highest BCUT2D eigenvalue weighted by Gasteiger charge is 2.17. The van der Waals surface area contributed by atoms with Crippen LogP contribution in [0.3, 0.4) is 0 Å². The van der Waals surface area contributed by atoms with Gasteiger partial charge in [-0.05, 0) is 45.0 Å². The van der Waals surface area contributed by atoms with Gasteiger partial charge in [-0.3, -0.25) is 14.9 Å². The van der Waals surface area contributed by atoms with Gasteiger partial charge < -0.3 is 4.74 Å². The van der Waals surface area contributed by atoms with Gasteiger partial charge in [0, 0.05) is 10.9 Å². The van der Waals surface area contributed by atoms with Crippen LogP contribution in [0.1, 0.15) is 26.5 Å². The predicted octanol–water partition coefficient (Wildman–Crippen LogP) is 2.90. The van der Waals surface area contributed by atoms with Crippen LogP contribution in [0.15, 0.2) is 36.7 Å². The molecule has 0 saturated heterocycles. The maximum atomic E-state index is 11.9. The van der Waals surface area contributed by atoms with E-state index in [-0.39, 0.29) is 12.4 Å². The van der Waals surface area contributed by atoms with Crippen molar-refractivity contribution in [3.05, 3.63) is 42.4 Å². The molecule has 0 saturated carbocycles. The molecule has 0 atom stereocenters. The van der Waals surface area contributed by atoms with Gasteiger partial charge in [0.25, 0.3) is 0 Å². The maximum Gasteiger partial charge on any atom is 0.312 e. The van der Waals surface area contributed by atoms with E-state index < -0.39 is 5.60 Å². The van der Waals surface area contributed by atoms with E-state index in [1.165, 1.54) is 6.33 Å². The number of pyridine rings is 1. The Hall–Kier alpha value is -2.76. The second-order valence-electron chi connectivity index (χ2n) is 6.31. The predicted molar refractivity (Wildman–Crippen MR) is 86.7 cm³/mol. The minimum absolute atomic E-state index is 0.164. The Labute approximate surface area is 133 Å². The lowest BCUT2D eigenvalue weighted by Crippen LogP contribution is -2.25. The summed E-state index contributed by atoms with van der Waals surface area (Å²) in [6.07, 6.45) is 1.64. The van der Waals surface area contributed by atoms with Crippen molar-refractivity contribution in [2.45, 2.75) is 32.8 Å². The van der Waals surface area contributed by atoms with E-state index in [9.17, 15) is 4.79 Å². The van der Waals surface area contributed by atoms with E-state index in [0.717, 1.165) is 16.5 Å². The highest BCUT2D eigenvalue weighted by molar-refractivity contribution is 5.84. The number of hydrogen-bond donors (Lipinski definition) is 1. The molecule has 0 bridgehead atoms. The summed E-state index contributed by atoms with van der Waals surface area (Å²) in [4.78, 5) is 20.5. The van der Waals surface area contributed by atoms with Crippen molar-refractivity contribution in [2.75, 3.05) is 0 Å². The summed E-state index contributed by atoms with van der Waals surface area (Å²) in [6.45, 7) is 5.55. The highest BCUT2D eigenvalue weighted by Crippen LogP contribution is 2.21. The molecule has 0 aliphatic rings. The number of aromatic nitrogens is 4. The molecule has 1 aromatic carbocycles. The van der Waals surface area contributed by atoms with Gasteiger partial charge >= 0.3 is 5.97 Å². The molecule has 0 amide bonds. The minimum Gasteiger partial charge on any atom is -0.460 e. The lowest BCUT2D eigenvalue weighted by molar-refractivity contribution is -0.153. The number of benzene rings is 1. The van der Waals surface area contributed by atoms with Crippen LogP contribution in [-0.4, -0.2) is 31.7 Å². The summed E-state index contributed by atoms with van der Waals surface area (Å²) in [7, 11) is 0. The Balaban J connectivity index is 1.83. The standard InChI is InChI=1S/C17H18N4O2/c1-17(2,3)23-15(22)9-13-6-4-11-8-12(5-7-14(11)20-13)16-18-10-19-21-16/h4-8,10H,9H2,1-3H3,(H,18,19,21). The Kier molecular flexibility index (Phi) is 3.82. The minimum atomic E-state index is -0.486. The summed E-state index contributed by atoms with van der Waals surface area (Å²) in [5, 5.41) is 7.66. The maximum absolute atomic E-state index is 11.9. The third-order valence-electron chi connectivity index (χ3n) is 3.18. The summed E-state index contributed by atoms with van der Waals surface area (Å²) in [5.41, 5.74) is 1.98. The van der Waals surface area contributed by atoms with E-state index in [0.29, 0.717) is 11.5 Å². The van der Waals surface area contributed by atoms with Crippen LogP contribution in [-0.2, 0) is 16.0 Å². The molecule has 0 radical (unpaired) electrons. The third kappa shape index (κ3) is 3.71. The van der Waals surface area contributed by atoms with Gasteiger partial charge in [-0.15, -0.1) is 0 Å². The first kappa shape index (κ1) is 15.1. The van der Waals surface area contributed by atoms with E-state index in [4.69, 9.17) is 4.74 Å². The van der Waals surface area contributed by atoms with Gasteiger partial charge in [0.15, 0.2) is 5.82 Å². The van der Waals surface area contributed by atoms with Gasteiger partial charge in [-0.1, -0.05) is 6.07 Å². The molecule has 3 aromatic rings. The summed E-state index contributed by atoms with van der Waals surface area (Å²) >= 11 is 0. The lowest BCUT2D eigenvalue weighted by Gasteiger charge is -2.19. The molecule has 118 valence electrons. The second kappa shape index (κ2) is 5.79. The molecule has 6 heteroatoms. The topological polar surface area (TPSA) is 80.8 Å². The van der Waals surface area contributed by atoms with Crippen molar-refractivity contribution in [3.63, 3.8) is 0 Å². The summed E-state index contributed by atoms with van der Waals surface area (Å²) in [6, 6.07) is 9.61. The number of carbonyl (C=O) groups excluding carboxylic acids is 1. The van der Waals surface area contributed by atoms with Crippen LogP contribution >= 0.6 is 0 Å². The largest absolute Gasteiger partial charge is 0.460 e. The molecule has 2 heterocycles. The van der Waals surface area contributed by atoms with Crippen LogP contribution in [0, 0.1) is 0 Å². The van der Waals surface area contributed by atoms with Crippen LogP contribution in [0.4, 0.5) is 0 Å². The zero-order chi connectivity index (χ0) is 16.4. The molecule has 6 nitrogen and oxygen atoms in total. The van der Waals surface area contributed by atoms with Crippen molar-refractivity contribution >= 4 is 16.9 Å². The first-order valence-electron chi connectivity index (χ1n) is 7.38. The van der Waals surface area contributed by atoms with Crippen LogP contribution in [0.2, 0.25) is 0 Å². The zero-order valence-corrected chi connectivity index (χ0v) is 13.3. The molecule has 23 heavy (non-hydrogen) atoms. The smallest absolute Gasteiger partial charge is 0.312 e. The van der Waals surface area contributed by atoms with E-state index in [1.54, 1.807) is 0 Å². The van der Waals surface area contributed by atoms with Gasteiger partial charge in [-0.25, -0.2) is 4.98 Å². The Morgan fingerprint density at radius 2 is 2.04 bits per heavy atom. The molecule has 0 aliphatic carbocycles. The average molecular weight is 310 g/mol. The SMILES string of the molecule is CC(C)(C)OC(=O)Cc1ccc2cc(-c3ncn[nH]3)ccc2n1. The molecule has 2 aromatic heterocycles. The lowest BCUT2D eigenvalue weighted by atomic mass is 10.1. The van der Waals surface area contributed by atoms with Crippen molar-refractivity contribution in [3.8, 4) is 11.4 Å². The number of hydrogen-bond acceptors (Lipinski definition) is 5. The number of rotatable bonds is 3. The Bertz CT molecular complexity index is 835. The first-order chi connectivity index (χ1) is 10.9. The fourth-order valence-corrected chi connectivity index (χ4v) is 2.28. The molecule has 0 unspecified atom stereocenters. The van der Waals surface area contributed by atoms with Crippen LogP contribution < -0.4 is 0 Å². The highest BCUT2D eigenvalue weighted by atomic mass is 16.6. The number of aromatic amines is 1. The fraction of sp³-hybridized carbons (Fsp3) is 0.294. The summed E-state index contributed by atoms with van der Waals surface area (Å²) in [5.74, 6) is 0.437. The van der Waals surface area contributed by atoms with Crippen molar-refractivity contribution in [2.24, 2.45) is 0 Å². The number of esters is 1. The average Bonchev–Trinajstić information content (AvgIpc) is 2.98. The molecule has 0 fully saturated rings. The van der Waals surface area contributed by atoms with Gasteiger partial charge in [-0.2, -0.15) is 5.10 Å². The molecular weight excluding hydrogens is 292 g/mol. The van der Waals surface area contributed by atoms with Crippen LogP contribution in [0.5, 0.6) is 0 Å². The Morgan fingerprint density at radius 3 is 2.74 bits per heavy atom. The van der Waals surface area contributed by atoms with Gasteiger partial charge in [0.2, 0.25) is 0 Å². The molecular formula is C17H18N4O2. The van der Waals surface area contributed by atoms with Crippen molar-refractivity contribution < 1.29 is 9.53 Å². The van der Waals surface area contributed by atoms with Crippen molar-refractivity contribution in [1.29, 1.82) is 0 Å². The van der Waals surface area contributed by atoms with E-state index >= 15 is 0 Å². The molecule has 1 N–H and O–H groups in total. The van der Waals surface area contributed by atoms with Crippen molar-refractivity contribution in [1.82, 2.24) is 20.2 Å². The first-order valence-corrected chi connectivity index (χ1v) is 7.38. The zero-order valence-electron chi connectivity index (χ0n) is 13.3. The number of H-pyrrole nitrogens is 1. The van der Waals surface area contributed by atoms with E-state index in [1.807, 2.05) is 51.1 Å². The molecule has 0 spiro atoms. The van der Waals surface area contributed by atoms with E-state index in [2.05, 4.69) is 20.2 Å². The summed E-state index contributed by atoms with van der Waals surface area (Å²) < 4.78 is 5.32. The third-order valence-corrected chi connectivity index (χ3v) is 3.18. The second-order valence-corrected chi connectivity index (χ2v) is 6.31.